The molecule has 10 heteroatoms. The topological polar surface area (TPSA) is 72.7 Å². The predicted octanol–water partition coefficient (Wildman–Crippen LogP) is 5.02. The van der Waals surface area contributed by atoms with Crippen molar-refractivity contribution in [3.63, 3.8) is 0 Å². The van der Waals surface area contributed by atoms with E-state index < -0.39 is 0 Å². The van der Waals surface area contributed by atoms with Gasteiger partial charge in [0.25, 0.3) is 0 Å². The van der Waals surface area contributed by atoms with Crippen LogP contribution < -0.4 is 5.32 Å². The third-order valence-electron chi connectivity index (χ3n) is 3.72. The van der Waals surface area contributed by atoms with Crippen molar-refractivity contribution in [2.24, 2.45) is 0 Å². The molecule has 1 N–H and O–H groups in total. The van der Waals surface area contributed by atoms with E-state index in [2.05, 4.69) is 20.5 Å². The lowest BCUT2D eigenvalue weighted by Crippen LogP contribution is -2.14. The molecule has 3 rings (SSSR count). The van der Waals surface area contributed by atoms with Gasteiger partial charge in [0, 0.05) is 28.9 Å². The number of halogens is 2. The van der Waals surface area contributed by atoms with Crippen LogP contribution in [0.4, 0.5) is 5.13 Å². The molecule has 2 heterocycles. The molecule has 2 aromatic heterocycles. The van der Waals surface area contributed by atoms with Crippen LogP contribution in [0.5, 0.6) is 0 Å². The van der Waals surface area contributed by atoms with E-state index in [4.69, 9.17) is 23.2 Å². The van der Waals surface area contributed by atoms with Crippen LogP contribution in [0, 0.1) is 0 Å². The van der Waals surface area contributed by atoms with Gasteiger partial charge in [-0.25, -0.2) is 4.98 Å². The van der Waals surface area contributed by atoms with Gasteiger partial charge in [-0.05, 0) is 25.1 Å². The van der Waals surface area contributed by atoms with E-state index in [-0.39, 0.29) is 11.7 Å². The van der Waals surface area contributed by atoms with Gasteiger partial charge >= 0.3 is 0 Å². The number of nitrogens with zero attached hydrogens (tertiary/aromatic N) is 4. The van der Waals surface area contributed by atoms with Gasteiger partial charge in [0.15, 0.2) is 10.3 Å². The summed E-state index contributed by atoms with van der Waals surface area (Å²) in [7, 11) is 0. The van der Waals surface area contributed by atoms with Gasteiger partial charge < -0.3 is 9.88 Å². The standard InChI is InChI=1S/C17H17Cl2N5OS2/c1-3-14-22-23-17(24(14)4-2)27-9-15(25)21-16-20-13(8-26-16)11-6-5-10(18)7-12(11)19/h5-8H,3-4,9H2,1-2H3,(H,20,21,25). The summed E-state index contributed by atoms with van der Waals surface area (Å²) in [4.78, 5) is 16.7. The SMILES string of the molecule is CCc1nnc(SCC(=O)Nc2nc(-c3ccc(Cl)cc3Cl)cs2)n1CC. The smallest absolute Gasteiger partial charge is 0.236 e. The first-order valence-electron chi connectivity index (χ1n) is 8.27. The molecule has 0 bridgehead atoms. The van der Waals surface area contributed by atoms with E-state index >= 15 is 0 Å². The Morgan fingerprint density at radius 3 is 2.81 bits per heavy atom. The van der Waals surface area contributed by atoms with Crippen molar-refractivity contribution in [1.82, 2.24) is 19.7 Å². The summed E-state index contributed by atoms with van der Waals surface area (Å²) in [6.45, 7) is 4.84. The van der Waals surface area contributed by atoms with Crippen LogP contribution in [-0.2, 0) is 17.8 Å². The molecule has 0 saturated heterocycles. The molecular formula is C17H17Cl2N5OS2. The van der Waals surface area contributed by atoms with Crippen LogP contribution in [-0.4, -0.2) is 31.4 Å². The van der Waals surface area contributed by atoms with E-state index in [9.17, 15) is 4.79 Å². The van der Waals surface area contributed by atoms with E-state index in [0.29, 0.717) is 20.9 Å². The molecule has 0 fully saturated rings. The Bertz CT molecular complexity index is 957. The van der Waals surface area contributed by atoms with Crippen molar-refractivity contribution in [3.8, 4) is 11.3 Å². The van der Waals surface area contributed by atoms with Gasteiger partial charge in [-0.2, -0.15) is 0 Å². The molecule has 0 saturated carbocycles. The molecule has 6 nitrogen and oxygen atoms in total. The number of amides is 1. The Morgan fingerprint density at radius 2 is 2.11 bits per heavy atom. The number of carbonyl (C=O) groups is 1. The second kappa shape index (κ2) is 9.05. The van der Waals surface area contributed by atoms with Crippen LogP contribution >= 0.6 is 46.3 Å². The molecule has 0 aliphatic carbocycles. The Kier molecular flexibility index (Phi) is 6.75. The highest BCUT2D eigenvalue weighted by molar-refractivity contribution is 7.99. The Morgan fingerprint density at radius 1 is 1.30 bits per heavy atom. The zero-order chi connectivity index (χ0) is 19.4. The summed E-state index contributed by atoms with van der Waals surface area (Å²) in [5.74, 6) is 1.01. The molecule has 1 amide bonds. The van der Waals surface area contributed by atoms with Crippen LogP contribution in [0.15, 0.2) is 28.7 Å². The summed E-state index contributed by atoms with van der Waals surface area (Å²) in [6.07, 6.45) is 0.808. The van der Waals surface area contributed by atoms with Gasteiger partial charge in [-0.1, -0.05) is 41.9 Å². The first-order chi connectivity index (χ1) is 13.0. The maximum Gasteiger partial charge on any atom is 0.236 e. The normalized spacial score (nSPS) is 11.0. The van der Waals surface area contributed by atoms with Crippen LogP contribution in [0.1, 0.15) is 19.7 Å². The molecular weight excluding hydrogens is 425 g/mol. The molecule has 27 heavy (non-hydrogen) atoms. The average molecular weight is 442 g/mol. The first kappa shape index (κ1) is 20.1. The number of benzene rings is 1. The molecule has 0 unspecified atom stereocenters. The van der Waals surface area contributed by atoms with Gasteiger partial charge in [0.05, 0.1) is 16.5 Å². The largest absolute Gasteiger partial charge is 0.306 e. The lowest BCUT2D eigenvalue weighted by Gasteiger charge is -2.05. The molecule has 0 atom stereocenters. The lowest BCUT2D eigenvalue weighted by atomic mass is 10.2. The van der Waals surface area contributed by atoms with Crippen molar-refractivity contribution in [1.29, 1.82) is 0 Å². The number of thioether (sulfide) groups is 1. The van der Waals surface area contributed by atoms with Crippen molar-refractivity contribution in [3.05, 3.63) is 39.4 Å². The van der Waals surface area contributed by atoms with Crippen molar-refractivity contribution in [2.75, 3.05) is 11.1 Å². The van der Waals surface area contributed by atoms with Crippen molar-refractivity contribution in [2.45, 2.75) is 32.0 Å². The summed E-state index contributed by atoms with van der Waals surface area (Å²) in [5.41, 5.74) is 1.47. The van der Waals surface area contributed by atoms with Gasteiger partial charge in [-0.3, -0.25) is 4.79 Å². The number of hydrogen-bond donors (Lipinski definition) is 1. The van der Waals surface area contributed by atoms with Crippen molar-refractivity contribution < 1.29 is 4.79 Å². The summed E-state index contributed by atoms with van der Waals surface area (Å²) in [6, 6.07) is 5.23. The number of aryl methyl sites for hydroxylation is 1. The number of carbonyl (C=O) groups excluding carboxylic acids is 1. The maximum atomic E-state index is 12.3. The van der Waals surface area contributed by atoms with Crippen LogP contribution in [0.25, 0.3) is 11.3 Å². The van der Waals surface area contributed by atoms with E-state index in [1.165, 1.54) is 23.1 Å². The lowest BCUT2D eigenvalue weighted by molar-refractivity contribution is -0.113. The molecule has 142 valence electrons. The highest BCUT2D eigenvalue weighted by Gasteiger charge is 2.14. The fraction of sp³-hybridized carbons (Fsp3) is 0.294. The molecule has 1 aromatic carbocycles. The third-order valence-corrected chi connectivity index (χ3v) is 5.99. The minimum Gasteiger partial charge on any atom is -0.306 e. The second-order valence-corrected chi connectivity index (χ2v) is 8.14. The second-order valence-electron chi connectivity index (χ2n) is 5.50. The molecule has 0 spiro atoms. The summed E-state index contributed by atoms with van der Waals surface area (Å²) in [5, 5.41) is 15.3. The quantitative estimate of drug-likeness (QED) is 0.520. The minimum atomic E-state index is -0.146. The monoisotopic (exact) mass is 441 g/mol. The molecule has 0 radical (unpaired) electrons. The van der Waals surface area contributed by atoms with Gasteiger partial charge in [0.2, 0.25) is 5.91 Å². The zero-order valence-corrected chi connectivity index (χ0v) is 17.8. The molecule has 3 aromatic rings. The van der Waals surface area contributed by atoms with Crippen LogP contribution in [0.3, 0.4) is 0 Å². The first-order valence-corrected chi connectivity index (χ1v) is 10.9. The van der Waals surface area contributed by atoms with Crippen LogP contribution in [0.2, 0.25) is 10.0 Å². The van der Waals surface area contributed by atoms with Gasteiger partial charge in [-0.15, -0.1) is 21.5 Å². The number of rotatable bonds is 7. The average Bonchev–Trinajstić information content (AvgIpc) is 3.26. The number of hydrogen-bond acceptors (Lipinski definition) is 6. The van der Waals surface area contributed by atoms with E-state index in [0.717, 1.165) is 29.5 Å². The number of aromatic nitrogens is 4. The zero-order valence-electron chi connectivity index (χ0n) is 14.7. The minimum absolute atomic E-state index is 0.146. The Labute approximate surface area is 175 Å². The van der Waals surface area contributed by atoms with E-state index in [1.807, 2.05) is 29.9 Å². The number of nitrogens with one attached hydrogen (secondary N) is 1. The highest BCUT2D eigenvalue weighted by Crippen LogP contribution is 2.32. The fourth-order valence-corrected chi connectivity index (χ4v) is 4.50. The summed E-state index contributed by atoms with van der Waals surface area (Å²) >= 11 is 14.8. The number of anilines is 1. The van der Waals surface area contributed by atoms with Gasteiger partial charge in [0.1, 0.15) is 5.82 Å². The number of thiazole rings is 1. The highest BCUT2D eigenvalue weighted by atomic mass is 35.5. The van der Waals surface area contributed by atoms with Crippen molar-refractivity contribution >= 4 is 57.3 Å². The Hall–Kier alpha value is -1.61. The predicted molar refractivity (Wildman–Crippen MR) is 112 cm³/mol. The Balaban J connectivity index is 1.62. The maximum absolute atomic E-state index is 12.3. The third kappa shape index (κ3) is 4.82. The van der Waals surface area contributed by atoms with E-state index in [1.54, 1.807) is 12.1 Å². The molecule has 0 aliphatic heterocycles. The summed E-state index contributed by atoms with van der Waals surface area (Å²) < 4.78 is 2.02. The molecule has 0 aliphatic rings. The fourth-order valence-electron chi connectivity index (χ4n) is 2.44.